The summed E-state index contributed by atoms with van der Waals surface area (Å²) >= 11 is 0. The van der Waals surface area contributed by atoms with E-state index in [2.05, 4.69) is 5.32 Å². The summed E-state index contributed by atoms with van der Waals surface area (Å²) in [5, 5.41) is 3.48. The van der Waals surface area contributed by atoms with E-state index in [0.717, 1.165) is 44.5 Å². The Morgan fingerprint density at radius 2 is 1.92 bits per heavy atom. The van der Waals surface area contributed by atoms with Crippen molar-refractivity contribution in [3.63, 3.8) is 0 Å². The molecule has 1 aromatic rings. The normalized spacial score (nSPS) is 20.3. The lowest BCUT2D eigenvalue weighted by atomic mass is 9.60. The van der Waals surface area contributed by atoms with Gasteiger partial charge in [-0.15, -0.1) is 0 Å². The lowest BCUT2D eigenvalue weighted by Gasteiger charge is -2.52. The van der Waals surface area contributed by atoms with Crippen molar-refractivity contribution < 1.29 is 13.9 Å². The molecule has 0 radical (unpaired) electrons. The van der Waals surface area contributed by atoms with Gasteiger partial charge in [-0.05, 0) is 70.9 Å². The number of rotatable bonds is 2. The number of nitrogens with one attached hydrogen (secondary N) is 1. The molecule has 1 aliphatic carbocycles. The largest absolute Gasteiger partial charge is 0.444 e. The SMILES string of the molecule is Cc1c(F)cccc1NC1CC2(CCN(C(=O)OC(C)(C)C)CC2)C1. The first-order valence-electron chi connectivity index (χ1n) is 9.17. The maximum absolute atomic E-state index is 13.6. The van der Waals surface area contributed by atoms with Crippen LogP contribution in [-0.4, -0.2) is 35.7 Å². The van der Waals surface area contributed by atoms with E-state index in [1.54, 1.807) is 6.07 Å². The number of amides is 1. The molecule has 25 heavy (non-hydrogen) atoms. The average molecular weight is 348 g/mol. The predicted octanol–water partition coefficient (Wildman–Crippen LogP) is 4.73. The molecule has 1 amide bonds. The molecule has 0 unspecified atom stereocenters. The van der Waals surface area contributed by atoms with Gasteiger partial charge in [0.2, 0.25) is 0 Å². The van der Waals surface area contributed by atoms with Crippen molar-refractivity contribution in [3.05, 3.63) is 29.6 Å². The minimum Gasteiger partial charge on any atom is -0.444 e. The maximum atomic E-state index is 13.6. The van der Waals surface area contributed by atoms with Gasteiger partial charge in [0, 0.05) is 30.4 Å². The Labute approximate surface area is 149 Å². The molecule has 1 aliphatic heterocycles. The molecule has 1 heterocycles. The summed E-state index contributed by atoms with van der Waals surface area (Å²) in [6, 6.07) is 5.58. The van der Waals surface area contributed by atoms with Gasteiger partial charge < -0.3 is 15.0 Å². The molecule has 1 aromatic carbocycles. The molecule has 3 rings (SSSR count). The summed E-state index contributed by atoms with van der Waals surface area (Å²) in [6.07, 6.45) is 4.02. The van der Waals surface area contributed by atoms with Crippen LogP contribution in [0.5, 0.6) is 0 Å². The number of carbonyl (C=O) groups excluding carboxylic acids is 1. The molecule has 1 saturated carbocycles. The minimum atomic E-state index is -0.444. The first-order valence-corrected chi connectivity index (χ1v) is 9.17. The molecule has 0 atom stereocenters. The Kier molecular flexibility index (Phi) is 4.69. The molecule has 138 valence electrons. The molecule has 4 nitrogen and oxygen atoms in total. The summed E-state index contributed by atoms with van der Waals surface area (Å²) in [6.45, 7) is 9.03. The maximum Gasteiger partial charge on any atom is 0.410 e. The minimum absolute atomic E-state index is 0.162. The Morgan fingerprint density at radius 1 is 1.28 bits per heavy atom. The molecule has 1 N–H and O–H groups in total. The number of likely N-dealkylation sites (tertiary alicyclic amines) is 1. The molecule has 1 saturated heterocycles. The van der Waals surface area contributed by atoms with E-state index in [4.69, 9.17) is 4.74 Å². The Morgan fingerprint density at radius 3 is 2.52 bits per heavy atom. The molecule has 0 bridgehead atoms. The second-order valence-electron chi connectivity index (χ2n) is 8.63. The number of piperidine rings is 1. The number of anilines is 1. The Balaban J connectivity index is 1.48. The summed E-state index contributed by atoms with van der Waals surface area (Å²) in [5.74, 6) is -0.162. The van der Waals surface area contributed by atoms with Gasteiger partial charge in [0.1, 0.15) is 11.4 Å². The van der Waals surface area contributed by atoms with Gasteiger partial charge in [0.25, 0.3) is 0 Å². The molecule has 0 aromatic heterocycles. The summed E-state index contributed by atoms with van der Waals surface area (Å²) < 4.78 is 19.1. The van der Waals surface area contributed by atoms with Crippen LogP contribution in [0.3, 0.4) is 0 Å². The van der Waals surface area contributed by atoms with Gasteiger partial charge in [-0.3, -0.25) is 0 Å². The number of ether oxygens (including phenoxy) is 1. The molecule has 5 heteroatoms. The fourth-order valence-corrected chi connectivity index (χ4v) is 3.97. The first kappa shape index (κ1) is 18.0. The third-order valence-electron chi connectivity index (χ3n) is 5.46. The molecular formula is C20H29FN2O2. The van der Waals surface area contributed by atoms with E-state index in [1.165, 1.54) is 6.07 Å². The second kappa shape index (κ2) is 6.50. The first-order chi connectivity index (χ1) is 11.7. The lowest BCUT2D eigenvalue weighted by molar-refractivity contribution is -0.00860. The van der Waals surface area contributed by atoms with Crippen molar-refractivity contribution >= 4 is 11.8 Å². The van der Waals surface area contributed by atoms with Gasteiger partial charge in [-0.1, -0.05) is 6.07 Å². The standard InChI is InChI=1S/C20H29FN2O2/c1-14-16(21)6-5-7-17(14)22-15-12-20(13-15)8-10-23(11-9-20)18(24)25-19(2,3)4/h5-7,15,22H,8-13H2,1-4H3. The monoisotopic (exact) mass is 348 g/mol. The molecule has 2 fully saturated rings. The Bertz CT molecular complexity index is 638. The van der Waals surface area contributed by atoms with Crippen LogP contribution in [0.25, 0.3) is 0 Å². The second-order valence-corrected chi connectivity index (χ2v) is 8.63. The van der Waals surface area contributed by atoms with E-state index in [1.807, 2.05) is 38.7 Å². The molecule has 2 aliphatic rings. The topological polar surface area (TPSA) is 41.6 Å². The van der Waals surface area contributed by atoms with Gasteiger partial charge >= 0.3 is 6.09 Å². The van der Waals surface area contributed by atoms with Crippen molar-refractivity contribution in [1.82, 2.24) is 4.90 Å². The smallest absolute Gasteiger partial charge is 0.410 e. The van der Waals surface area contributed by atoms with Crippen LogP contribution in [-0.2, 0) is 4.74 Å². The van der Waals surface area contributed by atoms with Crippen molar-refractivity contribution in [2.75, 3.05) is 18.4 Å². The zero-order valence-corrected chi connectivity index (χ0v) is 15.7. The third kappa shape index (κ3) is 4.07. The van der Waals surface area contributed by atoms with E-state index in [0.29, 0.717) is 17.0 Å². The van der Waals surface area contributed by atoms with Crippen molar-refractivity contribution in [1.29, 1.82) is 0 Å². The van der Waals surface area contributed by atoms with E-state index >= 15 is 0 Å². The summed E-state index contributed by atoms with van der Waals surface area (Å²) in [4.78, 5) is 14.0. The highest BCUT2D eigenvalue weighted by Crippen LogP contribution is 2.50. The van der Waals surface area contributed by atoms with E-state index in [9.17, 15) is 9.18 Å². The van der Waals surface area contributed by atoms with Crippen LogP contribution in [0.1, 0.15) is 52.0 Å². The molecular weight excluding hydrogens is 319 g/mol. The van der Waals surface area contributed by atoms with E-state index < -0.39 is 5.60 Å². The lowest BCUT2D eigenvalue weighted by Crippen LogP contribution is -2.53. The number of benzene rings is 1. The molecule has 1 spiro atoms. The van der Waals surface area contributed by atoms with Crippen molar-refractivity contribution in [3.8, 4) is 0 Å². The number of hydrogen-bond acceptors (Lipinski definition) is 3. The quantitative estimate of drug-likeness (QED) is 0.840. The summed E-state index contributed by atoms with van der Waals surface area (Å²) in [5.41, 5.74) is 1.46. The van der Waals surface area contributed by atoms with Crippen LogP contribution in [0.2, 0.25) is 0 Å². The van der Waals surface area contributed by atoms with Gasteiger partial charge in [0.05, 0.1) is 0 Å². The van der Waals surface area contributed by atoms with Crippen LogP contribution in [0.4, 0.5) is 14.9 Å². The van der Waals surface area contributed by atoms with Crippen molar-refractivity contribution in [2.45, 2.75) is 65.0 Å². The zero-order valence-electron chi connectivity index (χ0n) is 15.7. The van der Waals surface area contributed by atoms with Crippen LogP contribution in [0, 0.1) is 18.2 Å². The van der Waals surface area contributed by atoms with E-state index in [-0.39, 0.29) is 11.9 Å². The number of hydrogen-bond donors (Lipinski definition) is 1. The number of carbonyl (C=O) groups is 1. The van der Waals surface area contributed by atoms with Crippen LogP contribution in [0.15, 0.2) is 18.2 Å². The van der Waals surface area contributed by atoms with Gasteiger partial charge in [-0.25, -0.2) is 9.18 Å². The van der Waals surface area contributed by atoms with Crippen LogP contribution >= 0.6 is 0 Å². The Hall–Kier alpha value is -1.78. The van der Waals surface area contributed by atoms with Crippen molar-refractivity contribution in [2.24, 2.45) is 5.41 Å². The third-order valence-corrected chi connectivity index (χ3v) is 5.46. The fourth-order valence-electron chi connectivity index (χ4n) is 3.97. The van der Waals surface area contributed by atoms with Gasteiger partial charge in [0.15, 0.2) is 0 Å². The number of nitrogens with zero attached hydrogens (tertiary/aromatic N) is 1. The van der Waals surface area contributed by atoms with Crippen LogP contribution < -0.4 is 5.32 Å². The zero-order chi connectivity index (χ0) is 18.2. The highest BCUT2D eigenvalue weighted by atomic mass is 19.1. The highest BCUT2D eigenvalue weighted by molar-refractivity contribution is 5.68. The number of halogens is 1. The average Bonchev–Trinajstić information content (AvgIpc) is 2.49. The van der Waals surface area contributed by atoms with Gasteiger partial charge in [-0.2, -0.15) is 0 Å². The highest BCUT2D eigenvalue weighted by Gasteiger charge is 2.46. The summed E-state index contributed by atoms with van der Waals surface area (Å²) in [7, 11) is 0. The predicted molar refractivity (Wildman–Crippen MR) is 97.3 cm³/mol. The fraction of sp³-hybridized carbons (Fsp3) is 0.650.